The van der Waals surface area contributed by atoms with Gasteiger partial charge < -0.3 is 4.74 Å². The molecule has 0 N–H and O–H groups in total. The van der Waals surface area contributed by atoms with E-state index in [1.165, 1.54) is 0 Å². The second kappa shape index (κ2) is 6.78. The highest BCUT2D eigenvalue weighted by Crippen LogP contribution is 2.42. The van der Waals surface area contributed by atoms with Crippen molar-refractivity contribution in [2.75, 3.05) is 0 Å². The van der Waals surface area contributed by atoms with E-state index in [0.717, 1.165) is 6.92 Å². The van der Waals surface area contributed by atoms with Crippen LogP contribution in [0.5, 0.6) is 5.75 Å². The molecule has 0 aliphatic carbocycles. The fraction of sp³-hybridized carbons (Fsp3) is 0.235. The predicted molar refractivity (Wildman–Crippen MR) is 77.2 cm³/mol. The molecule has 0 bridgehead atoms. The van der Waals surface area contributed by atoms with Crippen LogP contribution in [0, 0.1) is 0 Å². The molecule has 0 atom stereocenters. The van der Waals surface area contributed by atoms with Crippen molar-refractivity contribution < 1.29 is 35.9 Å². The average Bonchev–Trinajstić information content (AvgIpc) is 2.51. The number of benzene rings is 2. The Balaban J connectivity index is 2.53. The third-order valence-electron chi connectivity index (χ3n) is 3.35. The molecule has 2 rings (SSSR count). The van der Waals surface area contributed by atoms with Gasteiger partial charge in [-0.2, -0.15) is 26.3 Å². The zero-order valence-corrected chi connectivity index (χ0v) is 12.8. The van der Waals surface area contributed by atoms with Crippen LogP contribution in [-0.4, -0.2) is 5.78 Å². The highest BCUT2D eigenvalue weighted by Gasteiger charge is 2.41. The molecular weight excluding hydrogens is 350 g/mol. The lowest BCUT2D eigenvalue weighted by molar-refractivity contribution is -0.142. The fourth-order valence-corrected chi connectivity index (χ4v) is 2.18. The van der Waals surface area contributed by atoms with Gasteiger partial charge in [0.25, 0.3) is 0 Å². The van der Waals surface area contributed by atoms with E-state index in [-0.39, 0.29) is 18.7 Å². The molecule has 134 valence electrons. The van der Waals surface area contributed by atoms with Crippen molar-refractivity contribution in [1.82, 2.24) is 0 Å². The molecule has 0 fully saturated rings. The van der Waals surface area contributed by atoms with Crippen LogP contribution >= 0.6 is 0 Å². The maximum absolute atomic E-state index is 13.2. The van der Waals surface area contributed by atoms with Gasteiger partial charge in [0.2, 0.25) is 0 Å². The molecule has 0 saturated carbocycles. The minimum atomic E-state index is -4.99. The summed E-state index contributed by atoms with van der Waals surface area (Å²) in [5.41, 5.74) is -3.45. The van der Waals surface area contributed by atoms with Crippen LogP contribution < -0.4 is 4.74 Å². The number of carbonyl (C=O) groups is 1. The summed E-state index contributed by atoms with van der Waals surface area (Å²) in [4.78, 5) is 11.4. The molecule has 0 aliphatic heterocycles. The lowest BCUT2D eigenvalue weighted by Gasteiger charge is -2.19. The van der Waals surface area contributed by atoms with Crippen LogP contribution in [-0.2, 0) is 19.0 Å². The van der Waals surface area contributed by atoms with E-state index in [4.69, 9.17) is 4.74 Å². The first-order valence-corrected chi connectivity index (χ1v) is 7.00. The Bertz CT molecular complexity index is 763. The maximum atomic E-state index is 13.2. The Hall–Kier alpha value is -2.51. The highest BCUT2D eigenvalue weighted by molar-refractivity contribution is 5.96. The van der Waals surface area contributed by atoms with E-state index >= 15 is 0 Å². The Morgan fingerprint density at radius 3 is 1.96 bits per heavy atom. The first kappa shape index (κ1) is 18.8. The number of ether oxygens (including phenoxy) is 1. The largest absolute Gasteiger partial charge is 0.488 e. The van der Waals surface area contributed by atoms with Gasteiger partial charge in [0.05, 0.1) is 11.1 Å². The van der Waals surface area contributed by atoms with Crippen LogP contribution in [0.1, 0.15) is 34.0 Å². The molecule has 2 aromatic rings. The van der Waals surface area contributed by atoms with Gasteiger partial charge in [-0.25, -0.2) is 0 Å². The number of rotatable bonds is 4. The van der Waals surface area contributed by atoms with Crippen LogP contribution in [0.2, 0.25) is 0 Å². The van der Waals surface area contributed by atoms with E-state index < -0.39 is 40.6 Å². The van der Waals surface area contributed by atoms with Crippen LogP contribution in [0.15, 0.2) is 42.5 Å². The molecule has 8 heteroatoms. The summed E-state index contributed by atoms with van der Waals surface area (Å²) < 4.78 is 83.8. The molecule has 2 aromatic carbocycles. The number of hydrogen-bond donors (Lipinski definition) is 0. The monoisotopic (exact) mass is 362 g/mol. The van der Waals surface area contributed by atoms with Crippen molar-refractivity contribution in [3.8, 4) is 5.75 Å². The maximum Gasteiger partial charge on any atom is 0.419 e. The zero-order valence-electron chi connectivity index (χ0n) is 12.8. The highest BCUT2D eigenvalue weighted by atomic mass is 19.4. The molecular formula is C17H12F6O2. The van der Waals surface area contributed by atoms with Crippen LogP contribution in [0.25, 0.3) is 0 Å². The minimum Gasteiger partial charge on any atom is -0.488 e. The van der Waals surface area contributed by atoms with Gasteiger partial charge in [0.15, 0.2) is 5.78 Å². The van der Waals surface area contributed by atoms with E-state index in [1.54, 1.807) is 30.3 Å². The second-order valence-corrected chi connectivity index (χ2v) is 5.22. The van der Waals surface area contributed by atoms with Gasteiger partial charge >= 0.3 is 12.4 Å². The number of alkyl halides is 6. The van der Waals surface area contributed by atoms with Gasteiger partial charge in [-0.15, -0.1) is 0 Å². The lowest BCUT2D eigenvalue weighted by atomic mass is 9.99. The van der Waals surface area contributed by atoms with Gasteiger partial charge in [0.1, 0.15) is 12.4 Å². The molecule has 0 aromatic heterocycles. The van der Waals surface area contributed by atoms with Crippen molar-refractivity contribution in [3.63, 3.8) is 0 Å². The predicted octanol–water partition coefficient (Wildman–Crippen LogP) is 5.51. The minimum absolute atomic E-state index is 0.186. The number of carbonyl (C=O) groups excluding carboxylic acids is 1. The summed E-state index contributed by atoms with van der Waals surface area (Å²) in [5, 5.41) is 0. The quantitative estimate of drug-likeness (QED) is 0.530. The molecule has 0 heterocycles. The molecule has 2 nitrogen and oxygen atoms in total. The van der Waals surface area contributed by atoms with E-state index in [0.29, 0.717) is 5.56 Å². The summed E-state index contributed by atoms with van der Waals surface area (Å²) in [6, 6.07) is 8.43. The molecule has 25 heavy (non-hydrogen) atoms. The van der Waals surface area contributed by atoms with Crippen LogP contribution in [0.4, 0.5) is 26.3 Å². The van der Waals surface area contributed by atoms with Crippen molar-refractivity contribution in [2.24, 2.45) is 0 Å². The smallest absolute Gasteiger partial charge is 0.419 e. The second-order valence-electron chi connectivity index (χ2n) is 5.22. The molecule has 0 spiro atoms. The molecule has 0 radical (unpaired) electrons. The van der Waals surface area contributed by atoms with Crippen molar-refractivity contribution in [3.05, 3.63) is 64.7 Å². The van der Waals surface area contributed by atoms with Gasteiger partial charge in [-0.1, -0.05) is 30.3 Å². The summed E-state index contributed by atoms with van der Waals surface area (Å²) in [6.45, 7) is 0.426. The molecule has 0 aliphatic rings. The van der Waals surface area contributed by atoms with E-state index in [2.05, 4.69) is 0 Å². The Kier molecular flexibility index (Phi) is 5.10. The summed E-state index contributed by atoms with van der Waals surface area (Å²) >= 11 is 0. The molecule has 0 saturated heterocycles. The SMILES string of the molecule is CC(=O)c1cc(C(F)(F)F)c(OCc2ccccc2)cc1C(F)(F)F. The average molecular weight is 362 g/mol. The lowest BCUT2D eigenvalue weighted by Crippen LogP contribution is -2.16. The Morgan fingerprint density at radius 1 is 0.920 bits per heavy atom. The zero-order chi connectivity index (χ0) is 18.8. The summed E-state index contributed by atoms with van der Waals surface area (Å²) in [5.74, 6) is -2.10. The number of hydrogen-bond acceptors (Lipinski definition) is 2. The topological polar surface area (TPSA) is 26.3 Å². The first-order valence-electron chi connectivity index (χ1n) is 7.00. The van der Waals surface area contributed by atoms with Gasteiger partial charge in [0, 0.05) is 5.56 Å². The Morgan fingerprint density at radius 2 is 1.48 bits per heavy atom. The van der Waals surface area contributed by atoms with E-state index in [9.17, 15) is 31.1 Å². The summed E-state index contributed by atoms with van der Waals surface area (Å²) in [6.07, 6.45) is -9.96. The van der Waals surface area contributed by atoms with Crippen LogP contribution in [0.3, 0.4) is 0 Å². The number of ketones is 1. The Labute approximate surface area is 139 Å². The fourth-order valence-electron chi connectivity index (χ4n) is 2.18. The first-order chi connectivity index (χ1) is 11.5. The van der Waals surface area contributed by atoms with Crippen molar-refractivity contribution >= 4 is 5.78 Å². The number of Topliss-reactive ketones (excluding diaryl/α,β-unsaturated/α-hetero) is 1. The van der Waals surface area contributed by atoms with Gasteiger partial charge in [-0.3, -0.25) is 4.79 Å². The third kappa shape index (κ3) is 4.52. The van der Waals surface area contributed by atoms with E-state index in [1.807, 2.05) is 0 Å². The molecule has 0 amide bonds. The normalized spacial score (nSPS) is 12.1. The van der Waals surface area contributed by atoms with Crippen molar-refractivity contribution in [1.29, 1.82) is 0 Å². The number of halogens is 6. The summed E-state index contributed by atoms with van der Waals surface area (Å²) in [7, 11) is 0. The van der Waals surface area contributed by atoms with Crippen molar-refractivity contribution in [2.45, 2.75) is 25.9 Å². The standard InChI is InChI=1S/C17H12F6O2/c1-10(24)12-7-14(17(21,22)23)15(8-13(12)16(18,19)20)25-9-11-5-3-2-4-6-11/h2-8H,9H2,1H3. The third-order valence-corrected chi connectivity index (χ3v) is 3.35. The molecule has 0 unspecified atom stereocenters. The van der Waals surface area contributed by atoms with Gasteiger partial charge in [-0.05, 0) is 24.6 Å².